The number of non-ortho nitro benzene ring substituents is 1. The Kier molecular flexibility index (Phi) is 4.97. The van der Waals surface area contributed by atoms with E-state index in [0.717, 1.165) is 0 Å². The molecule has 7 nitrogen and oxygen atoms in total. The van der Waals surface area contributed by atoms with Gasteiger partial charge in [0.15, 0.2) is 5.78 Å². The lowest BCUT2D eigenvalue weighted by Crippen LogP contribution is -2.34. The fourth-order valence-corrected chi connectivity index (χ4v) is 3.20. The van der Waals surface area contributed by atoms with Crippen LogP contribution in [0.3, 0.4) is 0 Å². The van der Waals surface area contributed by atoms with Crippen molar-refractivity contribution in [1.82, 2.24) is 0 Å². The minimum absolute atomic E-state index is 0.0911. The summed E-state index contributed by atoms with van der Waals surface area (Å²) in [5, 5.41) is 11.1. The summed E-state index contributed by atoms with van der Waals surface area (Å²) in [5.74, 6) is -2.07. The molecule has 1 aromatic carbocycles. The molecule has 134 valence electrons. The van der Waals surface area contributed by atoms with Crippen molar-refractivity contribution in [3.63, 3.8) is 0 Å². The molecule has 26 heavy (non-hydrogen) atoms. The molecule has 0 radical (unpaired) electrons. The number of nitro benzene ring substituents is 1. The number of ketones is 1. The van der Waals surface area contributed by atoms with E-state index in [-0.39, 0.29) is 12.3 Å². The van der Waals surface area contributed by atoms with Gasteiger partial charge in [-0.15, -0.1) is 0 Å². The third-order valence-electron chi connectivity index (χ3n) is 4.35. The molecule has 0 N–H and O–H groups in total. The Morgan fingerprint density at radius 1 is 1.35 bits per heavy atom. The molecule has 3 rings (SSSR count). The predicted molar refractivity (Wildman–Crippen MR) is 92.3 cm³/mol. The number of nitrogens with zero attached hydrogens (tertiary/aromatic N) is 1. The van der Waals surface area contributed by atoms with Gasteiger partial charge in [-0.25, -0.2) is 0 Å². The van der Waals surface area contributed by atoms with Crippen molar-refractivity contribution in [2.75, 3.05) is 6.61 Å². The summed E-state index contributed by atoms with van der Waals surface area (Å²) in [6, 6.07) is 9.44. The van der Waals surface area contributed by atoms with Crippen molar-refractivity contribution in [3.05, 3.63) is 70.2 Å². The molecule has 0 saturated heterocycles. The number of esters is 1. The van der Waals surface area contributed by atoms with Crippen molar-refractivity contribution >= 4 is 23.0 Å². The van der Waals surface area contributed by atoms with Crippen molar-refractivity contribution in [1.29, 1.82) is 0 Å². The number of rotatable bonds is 5. The van der Waals surface area contributed by atoms with E-state index in [1.165, 1.54) is 24.5 Å². The molecular weight excluding hydrogens is 338 g/mol. The number of furan rings is 1. The zero-order valence-corrected chi connectivity index (χ0v) is 14.1. The number of hydrogen-bond acceptors (Lipinski definition) is 6. The number of carbonyl (C=O) groups excluding carboxylic acids is 2. The fourth-order valence-electron chi connectivity index (χ4n) is 3.20. The van der Waals surface area contributed by atoms with E-state index in [1.807, 2.05) is 0 Å². The fraction of sp³-hybridized carbons (Fsp3) is 0.263. The summed E-state index contributed by atoms with van der Waals surface area (Å²) in [6.45, 7) is 1.82. The summed E-state index contributed by atoms with van der Waals surface area (Å²) in [4.78, 5) is 35.6. The van der Waals surface area contributed by atoms with Crippen LogP contribution in [0.15, 0.2) is 53.2 Å². The highest BCUT2D eigenvalue weighted by Gasteiger charge is 2.40. The molecule has 1 aliphatic rings. The molecule has 0 amide bonds. The summed E-state index contributed by atoms with van der Waals surface area (Å²) >= 11 is 0. The minimum Gasteiger partial charge on any atom is -0.465 e. The molecule has 0 fully saturated rings. The topological polar surface area (TPSA) is 99.7 Å². The molecule has 2 unspecified atom stereocenters. The van der Waals surface area contributed by atoms with Crippen LogP contribution in [0.5, 0.6) is 0 Å². The quantitative estimate of drug-likeness (QED) is 0.352. The maximum absolute atomic E-state index is 12.7. The number of ether oxygens (including phenoxy) is 1. The van der Waals surface area contributed by atoms with Crippen molar-refractivity contribution in [2.24, 2.45) is 5.92 Å². The molecular formula is C19H17NO6. The lowest BCUT2D eigenvalue weighted by Gasteiger charge is -2.28. The highest BCUT2D eigenvalue weighted by molar-refractivity contribution is 6.10. The van der Waals surface area contributed by atoms with Crippen molar-refractivity contribution < 1.29 is 23.7 Å². The van der Waals surface area contributed by atoms with E-state index < -0.39 is 28.5 Å². The van der Waals surface area contributed by atoms with Gasteiger partial charge in [0.25, 0.3) is 5.69 Å². The second-order valence-corrected chi connectivity index (χ2v) is 5.94. The van der Waals surface area contributed by atoms with E-state index >= 15 is 0 Å². The van der Waals surface area contributed by atoms with E-state index in [4.69, 9.17) is 9.15 Å². The Hall–Kier alpha value is -3.22. The molecule has 1 aromatic heterocycles. The van der Waals surface area contributed by atoms with Crippen LogP contribution in [0, 0.1) is 16.0 Å². The molecule has 2 aromatic rings. The van der Waals surface area contributed by atoms with Crippen LogP contribution in [0.4, 0.5) is 5.69 Å². The first-order chi connectivity index (χ1) is 12.5. The summed E-state index contributed by atoms with van der Waals surface area (Å²) in [7, 11) is 0. The molecule has 2 atom stereocenters. The van der Waals surface area contributed by atoms with Gasteiger partial charge in [0, 0.05) is 18.1 Å². The molecule has 0 saturated carbocycles. The molecule has 7 heteroatoms. The van der Waals surface area contributed by atoms with Crippen molar-refractivity contribution in [3.8, 4) is 0 Å². The van der Waals surface area contributed by atoms with Crippen LogP contribution in [0.1, 0.15) is 30.6 Å². The molecule has 0 aliphatic heterocycles. The van der Waals surface area contributed by atoms with Crippen LogP contribution in [0.25, 0.3) is 5.57 Å². The minimum atomic E-state index is -1.03. The normalized spacial score (nSPS) is 19.7. The monoisotopic (exact) mass is 355 g/mol. The van der Waals surface area contributed by atoms with Crippen LogP contribution in [0.2, 0.25) is 0 Å². The van der Waals surface area contributed by atoms with Gasteiger partial charge in [0.2, 0.25) is 0 Å². The number of carbonyl (C=O) groups is 2. The number of allylic oxidation sites excluding steroid dienone is 2. The highest BCUT2D eigenvalue weighted by atomic mass is 16.6. The largest absolute Gasteiger partial charge is 0.465 e. The second-order valence-electron chi connectivity index (χ2n) is 5.94. The zero-order chi connectivity index (χ0) is 18.7. The maximum atomic E-state index is 12.7. The first kappa shape index (κ1) is 17.6. The molecule has 1 aliphatic carbocycles. The summed E-state index contributed by atoms with van der Waals surface area (Å²) in [5.41, 5.74) is 1.10. The highest BCUT2D eigenvalue weighted by Crippen LogP contribution is 2.41. The smallest absolute Gasteiger partial charge is 0.317 e. The lowest BCUT2D eigenvalue weighted by atomic mass is 9.74. The van der Waals surface area contributed by atoms with Gasteiger partial charge in [-0.1, -0.05) is 12.1 Å². The van der Waals surface area contributed by atoms with Gasteiger partial charge in [-0.2, -0.15) is 0 Å². The molecule has 0 bridgehead atoms. The van der Waals surface area contributed by atoms with Gasteiger partial charge in [-0.3, -0.25) is 19.7 Å². The Morgan fingerprint density at radius 2 is 2.15 bits per heavy atom. The lowest BCUT2D eigenvalue weighted by molar-refractivity contribution is -0.384. The van der Waals surface area contributed by atoms with Gasteiger partial charge in [0.05, 0.1) is 17.8 Å². The van der Waals surface area contributed by atoms with Gasteiger partial charge in [0.1, 0.15) is 11.7 Å². The third-order valence-corrected chi connectivity index (χ3v) is 4.35. The maximum Gasteiger partial charge on any atom is 0.317 e. The van der Waals surface area contributed by atoms with E-state index in [1.54, 1.807) is 31.2 Å². The average molecular weight is 355 g/mol. The number of hydrogen-bond donors (Lipinski definition) is 0. The van der Waals surface area contributed by atoms with Crippen molar-refractivity contribution in [2.45, 2.75) is 19.3 Å². The SMILES string of the molecule is CCOC(=O)C1C(=O)C=C(c2ccco2)CC1c1cccc([N+](=O)[O-])c1. The van der Waals surface area contributed by atoms with Crippen LogP contribution in [-0.2, 0) is 14.3 Å². The number of nitro groups is 1. The summed E-state index contributed by atoms with van der Waals surface area (Å²) in [6.07, 6.45) is 3.23. The van der Waals surface area contributed by atoms with E-state index in [9.17, 15) is 19.7 Å². The number of benzene rings is 1. The van der Waals surface area contributed by atoms with Gasteiger partial charge >= 0.3 is 5.97 Å². The van der Waals surface area contributed by atoms with Crippen LogP contribution in [-0.4, -0.2) is 23.3 Å². The molecule has 0 spiro atoms. The van der Waals surface area contributed by atoms with E-state index in [2.05, 4.69) is 0 Å². The zero-order valence-electron chi connectivity index (χ0n) is 14.1. The Bertz CT molecular complexity index is 868. The standard InChI is InChI=1S/C19H17NO6/c1-2-25-19(22)18-15(12-5-3-6-14(9-12)20(23)24)10-13(11-16(18)21)17-7-4-8-26-17/h3-9,11,15,18H,2,10H2,1H3. The third kappa shape index (κ3) is 3.42. The Balaban J connectivity index is 2.04. The van der Waals surface area contributed by atoms with E-state index in [0.29, 0.717) is 23.3 Å². The van der Waals surface area contributed by atoms with Crippen LogP contribution < -0.4 is 0 Å². The second kappa shape index (κ2) is 7.35. The average Bonchev–Trinajstić information content (AvgIpc) is 3.16. The first-order valence-corrected chi connectivity index (χ1v) is 8.20. The van der Waals surface area contributed by atoms with Crippen LogP contribution >= 0.6 is 0 Å². The predicted octanol–water partition coefficient (Wildman–Crippen LogP) is 3.51. The molecule has 1 heterocycles. The Morgan fingerprint density at radius 3 is 2.81 bits per heavy atom. The van der Waals surface area contributed by atoms with Gasteiger partial charge in [-0.05, 0) is 42.7 Å². The summed E-state index contributed by atoms with van der Waals surface area (Å²) < 4.78 is 10.4. The Labute approximate surface area is 149 Å². The first-order valence-electron chi connectivity index (χ1n) is 8.20. The van der Waals surface area contributed by atoms with Gasteiger partial charge < -0.3 is 9.15 Å².